The maximum Gasteiger partial charge on any atom is 0.273 e. The molecular weight excluding hydrogens is 340 g/mol. The average molecular weight is 358 g/mol. The molecule has 9 nitrogen and oxygen atoms in total. The highest BCUT2D eigenvalue weighted by molar-refractivity contribution is 5.92. The lowest BCUT2D eigenvalue weighted by Gasteiger charge is -2.05. The highest BCUT2D eigenvalue weighted by Gasteiger charge is 2.14. The van der Waals surface area contributed by atoms with Gasteiger partial charge in [0.05, 0.1) is 13.7 Å². The summed E-state index contributed by atoms with van der Waals surface area (Å²) in [6, 6.07) is 8.69. The molecular formula is C17H18N4O5. The third kappa shape index (κ3) is 4.38. The first-order valence-electron chi connectivity index (χ1n) is 8.00. The first kappa shape index (κ1) is 17.5. The highest BCUT2D eigenvalue weighted by atomic mass is 16.5. The zero-order valence-corrected chi connectivity index (χ0v) is 14.4. The second-order valence-electron chi connectivity index (χ2n) is 5.29. The van der Waals surface area contributed by atoms with E-state index in [-0.39, 0.29) is 18.8 Å². The Labute approximate surface area is 149 Å². The van der Waals surface area contributed by atoms with E-state index in [9.17, 15) is 4.79 Å². The van der Waals surface area contributed by atoms with Gasteiger partial charge in [0.25, 0.3) is 5.91 Å². The molecule has 9 heteroatoms. The highest BCUT2D eigenvalue weighted by Crippen LogP contribution is 2.20. The van der Waals surface area contributed by atoms with Crippen molar-refractivity contribution in [2.45, 2.75) is 26.5 Å². The van der Waals surface area contributed by atoms with Crippen LogP contribution in [0.15, 0.2) is 39.4 Å². The van der Waals surface area contributed by atoms with E-state index in [2.05, 4.69) is 20.6 Å². The lowest BCUT2D eigenvalue weighted by atomic mass is 10.3. The van der Waals surface area contributed by atoms with Crippen LogP contribution in [-0.2, 0) is 19.6 Å². The molecule has 0 unspecified atom stereocenters. The molecule has 0 fully saturated rings. The number of carbonyl (C=O) groups is 1. The van der Waals surface area contributed by atoms with Gasteiger partial charge < -0.3 is 23.8 Å². The van der Waals surface area contributed by atoms with Crippen molar-refractivity contribution >= 4 is 5.91 Å². The number of benzene rings is 1. The fraction of sp³-hybridized carbons (Fsp3) is 0.294. The van der Waals surface area contributed by atoms with E-state index in [0.717, 1.165) is 0 Å². The van der Waals surface area contributed by atoms with Crippen LogP contribution in [-0.4, -0.2) is 28.3 Å². The Hall–Kier alpha value is -3.36. The Morgan fingerprint density at radius 2 is 2.04 bits per heavy atom. The maximum atomic E-state index is 12.1. The largest absolute Gasteiger partial charge is 0.497 e. The van der Waals surface area contributed by atoms with Crippen molar-refractivity contribution in [3.05, 3.63) is 53.5 Å². The molecule has 2 heterocycles. The molecule has 0 saturated carbocycles. The number of aromatic nitrogens is 3. The number of carbonyl (C=O) groups excluding carboxylic acids is 1. The minimum atomic E-state index is -0.405. The van der Waals surface area contributed by atoms with Gasteiger partial charge in [-0.15, -0.1) is 0 Å². The Bertz CT molecular complexity index is 873. The topological polar surface area (TPSA) is 113 Å². The van der Waals surface area contributed by atoms with E-state index < -0.39 is 5.91 Å². The first-order chi connectivity index (χ1) is 12.7. The predicted molar refractivity (Wildman–Crippen MR) is 88.7 cm³/mol. The summed E-state index contributed by atoms with van der Waals surface area (Å²) in [5.74, 6) is 2.25. The predicted octanol–water partition coefficient (Wildman–Crippen LogP) is 2.14. The SMILES string of the molecule is CCc1noc(CNC(=O)c2cc(COc3cccc(OC)c3)on2)n1. The fourth-order valence-electron chi connectivity index (χ4n) is 2.09. The van der Waals surface area contributed by atoms with E-state index in [1.54, 1.807) is 19.2 Å². The van der Waals surface area contributed by atoms with Gasteiger partial charge in [-0.3, -0.25) is 4.79 Å². The molecule has 0 radical (unpaired) electrons. The summed E-state index contributed by atoms with van der Waals surface area (Å²) < 4.78 is 20.8. The summed E-state index contributed by atoms with van der Waals surface area (Å²) in [5, 5.41) is 10.1. The molecule has 2 aromatic heterocycles. The number of rotatable bonds is 8. The smallest absolute Gasteiger partial charge is 0.273 e. The summed E-state index contributed by atoms with van der Waals surface area (Å²) in [7, 11) is 1.58. The quantitative estimate of drug-likeness (QED) is 0.652. The van der Waals surface area contributed by atoms with Crippen molar-refractivity contribution in [1.82, 2.24) is 20.6 Å². The van der Waals surface area contributed by atoms with Crippen LogP contribution in [0.5, 0.6) is 11.5 Å². The molecule has 3 aromatic rings. The molecule has 0 saturated heterocycles. The second-order valence-corrected chi connectivity index (χ2v) is 5.29. The molecule has 136 valence electrons. The number of hydrogen-bond donors (Lipinski definition) is 1. The first-order valence-corrected chi connectivity index (χ1v) is 8.00. The summed E-state index contributed by atoms with van der Waals surface area (Å²) in [6.07, 6.45) is 0.664. The van der Waals surface area contributed by atoms with Crippen LogP contribution >= 0.6 is 0 Å². The van der Waals surface area contributed by atoms with Gasteiger partial charge in [0.1, 0.15) is 18.1 Å². The van der Waals surface area contributed by atoms with Crippen LogP contribution in [0.2, 0.25) is 0 Å². The minimum absolute atomic E-state index is 0.119. The normalized spacial score (nSPS) is 10.5. The fourth-order valence-corrected chi connectivity index (χ4v) is 2.09. The lowest BCUT2D eigenvalue weighted by molar-refractivity contribution is 0.0937. The molecule has 0 atom stereocenters. The molecule has 26 heavy (non-hydrogen) atoms. The maximum absolute atomic E-state index is 12.1. The zero-order chi connectivity index (χ0) is 18.4. The molecule has 0 aliphatic carbocycles. The lowest BCUT2D eigenvalue weighted by Crippen LogP contribution is -2.23. The van der Waals surface area contributed by atoms with Crippen LogP contribution in [0, 0.1) is 0 Å². The molecule has 0 aliphatic heterocycles. The van der Waals surface area contributed by atoms with E-state index >= 15 is 0 Å². The van der Waals surface area contributed by atoms with Crippen molar-refractivity contribution in [2.75, 3.05) is 7.11 Å². The zero-order valence-electron chi connectivity index (χ0n) is 14.4. The number of nitrogens with one attached hydrogen (secondary N) is 1. The summed E-state index contributed by atoms with van der Waals surface area (Å²) in [6.45, 7) is 2.17. The number of methoxy groups -OCH3 is 1. The Morgan fingerprint density at radius 3 is 2.81 bits per heavy atom. The minimum Gasteiger partial charge on any atom is -0.497 e. The standard InChI is InChI=1S/C17H18N4O5/c1-3-15-19-16(26-21-15)9-18-17(22)14-8-13(25-20-14)10-24-12-6-4-5-11(7-12)23-2/h4-8H,3,9-10H2,1-2H3,(H,18,22). The average Bonchev–Trinajstić information content (AvgIpc) is 3.34. The van der Waals surface area contributed by atoms with Crippen LogP contribution in [0.3, 0.4) is 0 Å². The third-order valence-electron chi connectivity index (χ3n) is 3.44. The van der Waals surface area contributed by atoms with Crippen molar-refractivity contribution < 1.29 is 23.3 Å². The van der Waals surface area contributed by atoms with Gasteiger partial charge >= 0.3 is 0 Å². The number of ether oxygens (including phenoxy) is 2. The van der Waals surface area contributed by atoms with Crippen molar-refractivity contribution in [1.29, 1.82) is 0 Å². The number of aryl methyl sites for hydroxylation is 1. The van der Waals surface area contributed by atoms with Gasteiger partial charge in [0.15, 0.2) is 17.3 Å². The van der Waals surface area contributed by atoms with Gasteiger partial charge in [-0.05, 0) is 12.1 Å². The van der Waals surface area contributed by atoms with Gasteiger partial charge in [0.2, 0.25) is 5.89 Å². The van der Waals surface area contributed by atoms with Crippen LogP contribution in [0.1, 0.15) is 34.9 Å². The monoisotopic (exact) mass is 358 g/mol. The molecule has 0 spiro atoms. The molecule has 1 aromatic carbocycles. The van der Waals surface area contributed by atoms with Gasteiger partial charge in [-0.25, -0.2) is 0 Å². The van der Waals surface area contributed by atoms with E-state index in [1.807, 2.05) is 19.1 Å². The van der Waals surface area contributed by atoms with Crippen LogP contribution in [0.4, 0.5) is 0 Å². The molecule has 0 bridgehead atoms. The molecule has 1 N–H and O–H groups in total. The van der Waals surface area contributed by atoms with E-state index in [0.29, 0.717) is 35.4 Å². The second kappa shape index (κ2) is 8.15. The van der Waals surface area contributed by atoms with E-state index in [4.69, 9.17) is 18.5 Å². The summed E-state index contributed by atoms with van der Waals surface area (Å²) in [5.41, 5.74) is 0.143. The van der Waals surface area contributed by atoms with Crippen LogP contribution < -0.4 is 14.8 Å². The Kier molecular flexibility index (Phi) is 5.47. The summed E-state index contributed by atoms with van der Waals surface area (Å²) >= 11 is 0. The van der Waals surface area contributed by atoms with Gasteiger partial charge in [0, 0.05) is 18.6 Å². The Balaban J connectivity index is 1.52. The molecule has 0 aliphatic rings. The van der Waals surface area contributed by atoms with E-state index in [1.165, 1.54) is 6.07 Å². The van der Waals surface area contributed by atoms with Crippen molar-refractivity contribution in [3.63, 3.8) is 0 Å². The number of amides is 1. The van der Waals surface area contributed by atoms with Crippen molar-refractivity contribution in [3.8, 4) is 11.5 Å². The van der Waals surface area contributed by atoms with Gasteiger partial charge in [-0.2, -0.15) is 4.98 Å². The number of nitrogens with zero attached hydrogens (tertiary/aromatic N) is 3. The van der Waals surface area contributed by atoms with Crippen LogP contribution in [0.25, 0.3) is 0 Å². The summed E-state index contributed by atoms with van der Waals surface area (Å²) in [4.78, 5) is 16.2. The van der Waals surface area contributed by atoms with Gasteiger partial charge in [-0.1, -0.05) is 23.3 Å². The molecule has 3 rings (SSSR count). The molecule has 1 amide bonds. The number of hydrogen-bond acceptors (Lipinski definition) is 8. The Morgan fingerprint density at radius 1 is 1.19 bits per heavy atom. The van der Waals surface area contributed by atoms with Crippen molar-refractivity contribution in [2.24, 2.45) is 0 Å². The third-order valence-corrected chi connectivity index (χ3v) is 3.44.